The summed E-state index contributed by atoms with van der Waals surface area (Å²) < 4.78 is 29.9. The van der Waals surface area contributed by atoms with Crippen molar-refractivity contribution in [3.05, 3.63) is 105 Å². The summed E-state index contributed by atoms with van der Waals surface area (Å²) in [4.78, 5) is 19.2. The molecule has 0 saturated heterocycles. The molecule has 5 aromatic rings. The van der Waals surface area contributed by atoms with E-state index in [0.29, 0.717) is 10.8 Å². The van der Waals surface area contributed by atoms with E-state index in [9.17, 15) is 13.2 Å². The number of carbonyl (C=O) groups excluding carboxylic acids is 1. The molecule has 192 valence electrons. The third kappa shape index (κ3) is 5.41. The number of sulfonamides is 1. The number of carbonyl (C=O) groups is 1. The van der Waals surface area contributed by atoms with Gasteiger partial charge in [0.05, 0.1) is 27.0 Å². The fraction of sp³-hybridized carbons (Fsp3) is 0.0741. The van der Waals surface area contributed by atoms with Crippen LogP contribution in [0.5, 0.6) is 0 Å². The molecule has 0 unspecified atom stereocenters. The molecule has 0 bridgehead atoms. The predicted molar refractivity (Wildman–Crippen MR) is 159 cm³/mol. The quantitative estimate of drug-likeness (QED) is 0.137. The summed E-state index contributed by atoms with van der Waals surface area (Å²) in [5.41, 5.74) is 1.61. The van der Waals surface area contributed by atoms with Gasteiger partial charge in [0.15, 0.2) is 0 Å². The number of para-hydroxylation sites is 1. The lowest BCUT2D eigenvalue weighted by Gasteiger charge is -2.23. The Hall–Kier alpha value is -3.38. The van der Waals surface area contributed by atoms with Gasteiger partial charge in [0, 0.05) is 21.5 Å². The van der Waals surface area contributed by atoms with Gasteiger partial charge < -0.3 is 0 Å². The number of fused-ring (bicyclic) bond motifs is 1. The van der Waals surface area contributed by atoms with Crippen molar-refractivity contribution >= 4 is 81.8 Å². The van der Waals surface area contributed by atoms with Crippen LogP contribution < -0.4 is 9.31 Å². The number of thiazole rings is 1. The van der Waals surface area contributed by atoms with Crippen LogP contribution in [0, 0.1) is 0 Å². The number of anilines is 2. The molecule has 0 saturated carbocycles. The number of benzene rings is 3. The molecule has 0 spiro atoms. The van der Waals surface area contributed by atoms with E-state index in [-0.39, 0.29) is 17.0 Å². The Labute approximate surface area is 236 Å². The predicted octanol–water partition coefficient (Wildman–Crippen LogP) is 7.02. The molecule has 38 heavy (non-hydrogen) atoms. The van der Waals surface area contributed by atoms with Gasteiger partial charge in [-0.15, -0.1) is 11.3 Å². The fourth-order valence-corrected chi connectivity index (χ4v) is 7.28. The molecule has 0 fully saturated rings. The van der Waals surface area contributed by atoms with Crippen molar-refractivity contribution in [2.45, 2.75) is 11.8 Å². The lowest BCUT2D eigenvalue weighted by molar-refractivity contribution is 0.0987. The molecule has 2 aromatic heterocycles. The van der Waals surface area contributed by atoms with Crippen molar-refractivity contribution in [2.75, 3.05) is 15.9 Å². The summed E-state index contributed by atoms with van der Waals surface area (Å²) in [6.45, 7) is 2.05. The fourth-order valence-electron chi connectivity index (χ4n) is 3.75. The third-order valence-electron chi connectivity index (χ3n) is 5.58. The van der Waals surface area contributed by atoms with Crippen LogP contribution in [0.3, 0.4) is 0 Å². The molecule has 0 aliphatic heterocycles. The van der Waals surface area contributed by atoms with Crippen molar-refractivity contribution in [3.63, 3.8) is 0 Å². The normalized spacial score (nSPS) is 11.7. The van der Waals surface area contributed by atoms with Gasteiger partial charge >= 0.3 is 0 Å². The molecule has 0 aliphatic rings. The molecule has 1 amide bonds. The van der Waals surface area contributed by atoms with E-state index >= 15 is 0 Å². The van der Waals surface area contributed by atoms with Gasteiger partial charge in [0.1, 0.15) is 0 Å². The van der Waals surface area contributed by atoms with E-state index in [1.807, 2.05) is 41.8 Å². The molecule has 0 aliphatic carbocycles. The van der Waals surface area contributed by atoms with Gasteiger partial charge in [0.2, 0.25) is 5.13 Å². The monoisotopic (exact) mass is 624 g/mol. The maximum Gasteiger partial charge on any atom is 0.280 e. The van der Waals surface area contributed by atoms with Gasteiger partial charge in [-0.05, 0) is 73.0 Å². The van der Waals surface area contributed by atoms with Gasteiger partial charge in [0.25, 0.3) is 15.9 Å². The van der Waals surface area contributed by atoms with E-state index in [0.717, 1.165) is 19.6 Å². The van der Waals surface area contributed by atoms with Crippen LogP contribution in [0.15, 0.2) is 105 Å². The van der Waals surface area contributed by atoms with Crippen LogP contribution in [0.2, 0.25) is 0 Å². The minimum Gasteiger partial charge on any atom is -0.267 e. The maximum atomic E-state index is 13.6. The summed E-state index contributed by atoms with van der Waals surface area (Å²) in [5.74, 6) is -0.421. The topological polar surface area (TPSA) is 82.9 Å². The van der Waals surface area contributed by atoms with Crippen LogP contribution >= 0.6 is 38.6 Å². The summed E-state index contributed by atoms with van der Waals surface area (Å²) in [7, 11) is -3.81. The molecule has 5 rings (SSSR count). The molecule has 11 heteroatoms. The molecule has 0 atom stereocenters. The highest BCUT2D eigenvalue weighted by atomic mass is 79.9. The molecular weight excluding hydrogens is 604 g/mol. The van der Waals surface area contributed by atoms with E-state index in [4.69, 9.17) is 0 Å². The van der Waals surface area contributed by atoms with Crippen molar-refractivity contribution in [1.29, 1.82) is 0 Å². The minimum absolute atomic E-state index is 0.0956. The Morgan fingerprint density at radius 2 is 1.79 bits per heavy atom. The third-order valence-corrected chi connectivity index (χ3v) is 9.79. The number of nitrogens with zero attached hydrogens (tertiary/aromatic N) is 4. The van der Waals surface area contributed by atoms with Crippen molar-refractivity contribution < 1.29 is 13.2 Å². The second kappa shape index (κ2) is 11.2. The smallest absolute Gasteiger partial charge is 0.267 e. The number of hydrazone groups is 1. The SMILES string of the molecule is CCN(c1ccccc1)S(=O)(=O)c1ccc(C(=O)N(/N=C/c2cccs2)c2nc3ccc(Br)cc3s2)cc1. The Morgan fingerprint density at radius 3 is 2.47 bits per heavy atom. The Balaban J connectivity index is 1.48. The van der Waals surface area contributed by atoms with Gasteiger partial charge in [-0.2, -0.15) is 10.1 Å². The molecule has 0 N–H and O–H groups in total. The average Bonchev–Trinajstić information content (AvgIpc) is 3.59. The molecule has 0 radical (unpaired) electrons. The van der Waals surface area contributed by atoms with Crippen LogP contribution in [-0.2, 0) is 10.0 Å². The standard InChI is InChI=1S/C27H21BrN4O3S3/c1-2-31(21-7-4-3-5-8-21)38(34,35)23-13-10-19(11-14-23)26(33)32(29-18-22-9-6-16-36-22)27-30-24-15-12-20(28)17-25(24)37-27/h3-18H,2H2,1H3/b29-18+. The van der Waals surface area contributed by atoms with E-state index in [1.165, 1.54) is 56.3 Å². The molecule has 2 heterocycles. The van der Waals surface area contributed by atoms with Crippen LogP contribution in [0.25, 0.3) is 10.2 Å². The summed E-state index contributed by atoms with van der Waals surface area (Å²) in [6.07, 6.45) is 1.61. The largest absolute Gasteiger partial charge is 0.280 e. The first-order valence-electron chi connectivity index (χ1n) is 11.5. The van der Waals surface area contributed by atoms with Gasteiger partial charge in [-0.1, -0.05) is 51.5 Å². The highest BCUT2D eigenvalue weighted by molar-refractivity contribution is 9.10. The lowest BCUT2D eigenvalue weighted by Crippen LogP contribution is -2.31. The highest BCUT2D eigenvalue weighted by Gasteiger charge is 2.25. The average molecular weight is 626 g/mol. The number of aromatic nitrogens is 1. The van der Waals surface area contributed by atoms with E-state index < -0.39 is 15.9 Å². The van der Waals surface area contributed by atoms with Gasteiger partial charge in [-0.25, -0.2) is 13.4 Å². The van der Waals surface area contributed by atoms with Crippen molar-refractivity contribution in [2.24, 2.45) is 5.10 Å². The number of rotatable bonds is 8. The van der Waals surface area contributed by atoms with Crippen LogP contribution in [0.1, 0.15) is 22.2 Å². The lowest BCUT2D eigenvalue weighted by atomic mass is 10.2. The number of thiophene rings is 1. The Bertz CT molecular complexity index is 1700. The van der Waals surface area contributed by atoms with Gasteiger partial charge in [-0.3, -0.25) is 9.10 Å². The summed E-state index contributed by atoms with van der Waals surface area (Å²) in [6, 6.07) is 24.3. The Morgan fingerprint density at radius 1 is 1.03 bits per heavy atom. The second-order valence-electron chi connectivity index (χ2n) is 8.02. The number of hydrogen-bond acceptors (Lipinski definition) is 7. The maximum absolute atomic E-state index is 13.6. The number of hydrogen-bond donors (Lipinski definition) is 0. The number of halogens is 1. The molecule has 7 nitrogen and oxygen atoms in total. The Kier molecular flexibility index (Phi) is 7.70. The second-order valence-corrected chi connectivity index (χ2v) is 12.8. The minimum atomic E-state index is -3.81. The molecular formula is C27H21BrN4O3S3. The van der Waals surface area contributed by atoms with E-state index in [1.54, 1.807) is 37.4 Å². The first-order chi connectivity index (χ1) is 18.4. The van der Waals surface area contributed by atoms with Crippen LogP contribution in [0.4, 0.5) is 10.8 Å². The molecule has 3 aromatic carbocycles. The zero-order valence-corrected chi connectivity index (χ0v) is 24.1. The zero-order valence-electron chi connectivity index (χ0n) is 20.1. The first-order valence-corrected chi connectivity index (χ1v) is 15.5. The van der Waals surface area contributed by atoms with Crippen molar-refractivity contribution in [3.8, 4) is 0 Å². The van der Waals surface area contributed by atoms with E-state index in [2.05, 4.69) is 26.0 Å². The highest BCUT2D eigenvalue weighted by Crippen LogP contribution is 2.32. The summed E-state index contributed by atoms with van der Waals surface area (Å²) >= 11 is 6.31. The summed E-state index contributed by atoms with van der Waals surface area (Å²) in [5, 5.41) is 8.05. The first kappa shape index (κ1) is 26.2. The van der Waals surface area contributed by atoms with Crippen molar-refractivity contribution in [1.82, 2.24) is 4.98 Å². The number of amides is 1. The zero-order chi connectivity index (χ0) is 26.7. The van der Waals surface area contributed by atoms with Crippen LogP contribution in [-0.4, -0.2) is 32.1 Å².